The molecule has 1 fully saturated rings. The molecule has 0 aromatic carbocycles. The highest BCUT2D eigenvalue weighted by atomic mass is 16.6. The van der Waals surface area contributed by atoms with Gasteiger partial charge in [0.25, 0.3) is 0 Å². The van der Waals surface area contributed by atoms with E-state index in [0.717, 1.165) is 19.3 Å². The van der Waals surface area contributed by atoms with Crippen LogP contribution in [0.5, 0.6) is 0 Å². The minimum atomic E-state index is -0.372. The Balaban J connectivity index is 2.28. The highest BCUT2D eigenvalue weighted by molar-refractivity contribution is 5.67. The lowest BCUT2D eigenvalue weighted by Gasteiger charge is -2.29. The first-order chi connectivity index (χ1) is 6.24. The number of carbonyl (C=O) groups is 1. The number of hydrogen-bond acceptors (Lipinski definition) is 3. The molecular formula is C9H17NO3. The number of carbonyl (C=O) groups excluding carboxylic acids is 1. The minimum Gasteiger partial charge on any atom is -0.449 e. The summed E-state index contributed by atoms with van der Waals surface area (Å²) in [7, 11) is 0. The molecule has 0 bridgehead atoms. The molecule has 0 spiro atoms. The van der Waals surface area contributed by atoms with Gasteiger partial charge in [0, 0.05) is 13.1 Å². The summed E-state index contributed by atoms with van der Waals surface area (Å²) < 4.78 is 4.95. The number of likely N-dealkylation sites (tertiary alicyclic amines) is 1. The third kappa shape index (κ3) is 3.22. The van der Waals surface area contributed by atoms with Gasteiger partial charge in [-0.25, -0.2) is 4.79 Å². The molecule has 0 aromatic rings. The summed E-state index contributed by atoms with van der Waals surface area (Å²) in [5.74, 6) is 0. The van der Waals surface area contributed by atoms with E-state index >= 15 is 0 Å². The van der Waals surface area contributed by atoms with Crippen LogP contribution in [0.25, 0.3) is 0 Å². The Morgan fingerprint density at radius 1 is 1.69 bits per heavy atom. The number of nitrogens with zero attached hydrogens (tertiary/aromatic N) is 1. The van der Waals surface area contributed by atoms with Crippen molar-refractivity contribution in [3.8, 4) is 0 Å². The molecule has 1 aliphatic rings. The van der Waals surface area contributed by atoms with Gasteiger partial charge < -0.3 is 14.7 Å². The number of rotatable bonds is 2. The fraction of sp³-hybridized carbons (Fsp3) is 0.889. The molecule has 1 rings (SSSR count). The summed E-state index contributed by atoms with van der Waals surface area (Å²) >= 11 is 0. The lowest BCUT2D eigenvalue weighted by Crippen LogP contribution is -2.42. The van der Waals surface area contributed by atoms with E-state index in [1.54, 1.807) is 4.90 Å². The summed E-state index contributed by atoms with van der Waals surface area (Å²) in [6.07, 6.45) is 1.82. The normalized spacial score (nSPS) is 22.9. The Bertz CT molecular complexity index is 172. The van der Waals surface area contributed by atoms with Gasteiger partial charge in [-0.2, -0.15) is 0 Å². The summed E-state index contributed by atoms with van der Waals surface area (Å²) in [6, 6.07) is 0. The molecule has 76 valence electrons. The Morgan fingerprint density at radius 2 is 2.46 bits per heavy atom. The van der Waals surface area contributed by atoms with Gasteiger partial charge in [-0.15, -0.1) is 0 Å². The quantitative estimate of drug-likeness (QED) is 0.701. The second-order valence-electron chi connectivity index (χ2n) is 3.36. The molecule has 1 N–H and O–H groups in total. The zero-order chi connectivity index (χ0) is 9.68. The van der Waals surface area contributed by atoms with Gasteiger partial charge in [0.2, 0.25) is 0 Å². The van der Waals surface area contributed by atoms with Crippen LogP contribution in [0.1, 0.15) is 26.2 Å². The Hall–Kier alpha value is -0.770. The van der Waals surface area contributed by atoms with Crippen LogP contribution < -0.4 is 0 Å². The highest BCUT2D eigenvalue weighted by Gasteiger charge is 2.22. The van der Waals surface area contributed by atoms with E-state index in [1.807, 2.05) is 6.92 Å². The third-order valence-corrected chi connectivity index (χ3v) is 2.08. The molecule has 1 atom stereocenters. The fourth-order valence-corrected chi connectivity index (χ4v) is 1.40. The summed E-state index contributed by atoms with van der Waals surface area (Å²) in [5, 5.41) is 9.30. The molecule has 1 aliphatic heterocycles. The maximum absolute atomic E-state index is 11.3. The van der Waals surface area contributed by atoms with Crippen LogP contribution in [0.15, 0.2) is 0 Å². The SMILES string of the molecule is CCCOC(=O)N1CCCC(O)C1. The zero-order valence-electron chi connectivity index (χ0n) is 8.03. The maximum Gasteiger partial charge on any atom is 0.409 e. The molecule has 4 nitrogen and oxygen atoms in total. The number of amides is 1. The molecule has 1 heterocycles. The zero-order valence-corrected chi connectivity index (χ0v) is 8.03. The largest absolute Gasteiger partial charge is 0.449 e. The number of β-amino-alcohol motifs (C(OH)–C–C–N with tert-alkyl or cyclic N) is 1. The van der Waals surface area contributed by atoms with E-state index in [9.17, 15) is 9.90 Å². The van der Waals surface area contributed by atoms with E-state index in [2.05, 4.69) is 0 Å². The topological polar surface area (TPSA) is 49.8 Å². The third-order valence-electron chi connectivity index (χ3n) is 2.08. The molecule has 0 aliphatic carbocycles. The van der Waals surface area contributed by atoms with Crippen LogP contribution in [0, 0.1) is 0 Å². The maximum atomic E-state index is 11.3. The van der Waals surface area contributed by atoms with Crippen molar-refractivity contribution < 1.29 is 14.6 Å². The molecule has 1 unspecified atom stereocenters. The van der Waals surface area contributed by atoms with Gasteiger partial charge in [0.15, 0.2) is 0 Å². The smallest absolute Gasteiger partial charge is 0.409 e. The van der Waals surface area contributed by atoms with Crippen molar-refractivity contribution in [2.75, 3.05) is 19.7 Å². The number of piperidine rings is 1. The average Bonchev–Trinajstić information content (AvgIpc) is 2.14. The predicted octanol–water partition coefficient (Wildman–Crippen LogP) is 0.990. The van der Waals surface area contributed by atoms with Crippen LogP contribution in [0.3, 0.4) is 0 Å². The van der Waals surface area contributed by atoms with Crippen molar-refractivity contribution in [2.24, 2.45) is 0 Å². The monoisotopic (exact) mass is 187 g/mol. The van der Waals surface area contributed by atoms with Gasteiger partial charge in [0.1, 0.15) is 0 Å². The van der Waals surface area contributed by atoms with Crippen LogP contribution in [0.4, 0.5) is 4.79 Å². The van der Waals surface area contributed by atoms with Gasteiger partial charge >= 0.3 is 6.09 Å². The number of ether oxygens (including phenoxy) is 1. The summed E-state index contributed by atoms with van der Waals surface area (Å²) in [6.45, 7) is 3.55. The van der Waals surface area contributed by atoms with E-state index in [1.165, 1.54) is 0 Å². The van der Waals surface area contributed by atoms with Crippen molar-refractivity contribution in [1.82, 2.24) is 4.90 Å². The lowest BCUT2D eigenvalue weighted by molar-refractivity contribution is 0.0492. The van der Waals surface area contributed by atoms with Gasteiger partial charge in [-0.1, -0.05) is 6.92 Å². The molecule has 1 amide bonds. The molecule has 0 radical (unpaired) electrons. The van der Waals surface area contributed by atoms with E-state index in [-0.39, 0.29) is 12.2 Å². The van der Waals surface area contributed by atoms with Gasteiger partial charge in [-0.3, -0.25) is 0 Å². The molecule has 0 aromatic heterocycles. The first kappa shape index (κ1) is 10.3. The van der Waals surface area contributed by atoms with Crippen LogP contribution >= 0.6 is 0 Å². The van der Waals surface area contributed by atoms with Crippen molar-refractivity contribution in [1.29, 1.82) is 0 Å². The Morgan fingerprint density at radius 3 is 3.08 bits per heavy atom. The van der Waals surface area contributed by atoms with E-state index in [4.69, 9.17) is 4.74 Å². The Labute approximate surface area is 78.5 Å². The van der Waals surface area contributed by atoms with E-state index < -0.39 is 0 Å². The Kier molecular flexibility index (Phi) is 4.02. The van der Waals surface area contributed by atoms with Crippen molar-refractivity contribution in [3.63, 3.8) is 0 Å². The predicted molar refractivity (Wildman–Crippen MR) is 48.5 cm³/mol. The second-order valence-corrected chi connectivity index (χ2v) is 3.36. The van der Waals surface area contributed by atoms with Crippen molar-refractivity contribution in [2.45, 2.75) is 32.3 Å². The summed E-state index contributed by atoms with van der Waals surface area (Å²) in [4.78, 5) is 12.9. The van der Waals surface area contributed by atoms with Crippen LogP contribution in [-0.2, 0) is 4.74 Å². The van der Waals surface area contributed by atoms with Crippen molar-refractivity contribution in [3.05, 3.63) is 0 Å². The van der Waals surface area contributed by atoms with Crippen molar-refractivity contribution >= 4 is 6.09 Å². The molecule has 0 saturated carbocycles. The van der Waals surface area contributed by atoms with Gasteiger partial charge in [0.05, 0.1) is 12.7 Å². The van der Waals surface area contributed by atoms with Gasteiger partial charge in [-0.05, 0) is 19.3 Å². The molecule has 13 heavy (non-hydrogen) atoms. The number of hydrogen-bond donors (Lipinski definition) is 1. The highest BCUT2D eigenvalue weighted by Crippen LogP contribution is 2.10. The molecular weight excluding hydrogens is 170 g/mol. The summed E-state index contributed by atoms with van der Waals surface area (Å²) in [5.41, 5.74) is 0. The average molecular weight is 187 g/mol. The second kappa shape index (κ2) is 5.07. The fourth-order valence-electron chi connectivity index (χ4n) is 1.40. The number of aliphatic hydroxyl groups is 1. The van der Waals surface area contributed by atoms with Crippen LogP contribution in [-0.4, -0.2) is 41.9 Å². The standard InChI is InChI=1S/C9H17NO3/c1-2-6-13-9(12)10-5-3-4-8(11)7-10/h8,11H,2-7H2,1H3. The van der Waals surface area contributed by atoms with Crippen LogP contribution in [0.2, 0.25) is 0 Å². The molecule has 4 heteroatoms. The first-order valence-electron chi connectivity index (χ1n) is 4.83. The molecule has 1 saturated heterocycles. The number of aliphatic hydroxyl groups excluding tert-OH is 1. The minimum absolute atomic E-state index is 0.291. The van der Waals surface area contributed by atoms with E-state index in [0.29, 0.717) is 19.7 Å². The first-order valence-corrected chi connectivity index (χ1v) is 4.83. The lowest BCUT2D eigenvalue weighted by atomic mass is 10.1.